The minimum atomic E-state index is -4.71. The van der Waals surface area contributed by atoms with E-state index in [-0.39, 0.29) is 22.6 Å². The molecule has 0 fully saturated rings. The zero-order chi connectivity index (χ0) is 16.0. The standard InChI is InChI=1S/C12H15NO7P/c1-20-12(15)10-6-3-2-5-9(10)11(14)13(16)7-4-8-21(17,18)19/h2-3,5-6H,4,7-8H2,1H3,(H2,17,18,19)/q-1/p-2. The van der Waals surface area contributed by atoms with Crippen LogP contribution in [0.4, 0.5) is 0 Å². The Morgan fingerprint density at radius 3 is 2.33 bits per heavy atom. The van der Waals surface area contributed by atoms with E-state index in [4.69, 9.17) is 0 Å². The topological polar surface area (TPSA) is 133 Å². The fraction of sp³-hybridized carbons (Fsp3) is 0.333. The Balaban J connectivity index is 2.79. The maximum atomic E-state index is 11.9. The summed E-state index contributed by atoms with van der Waals surface area (Å²) in [4.78, 5) is 44.3. The third-order valence-corrected chi connectivity index (χ3v) is 3.45. The highest BCUT2D eigenvalue weighted by molar-refractivity contribution is 7.48. The summed E-state index contributed by atoms with van der Waals surface area (Å²) in [5.74, 6) is -1.77. The number of nitrogens with zero attached hydrogens (tertiary/aromatic N) is 1. The first kappa shape index (κ1) is 17.3. The van der Waals surface area contributed by atoms with Crippen molar-refractivity contribution in [3.8, 4) is 0 Å². The van der Waals surface area contributed by atoms with E-state index >= 15 is 0 Å². The zero-order valence-electron chi connectivity index (χ0n) is 11.2. The van der Waals surface area contributed by atoms with Gasteiger partial charge in [0.1, 0.15) is 0 Å². The first-order valence-corrected chi connectivity index (χ1v) is 7.66. The Labute approximate surface area is 121 Å². The first-order valence-electron chi connectivity index (χ1n) is 5.93. The van der Waals surface area contributed by atoms with E-state index in [1.165, 1.54) is 24.3 Å². The molecule has 0 radical (unpaired) electrons. The molecular weight excluding hydrogens is 301 g/mol. The summed E-state index contributed by atoms with van der Waals surface area (Å²) in [5, 5.41) is 11.6. The van der Waals surface area contributed by atoms with Gasteiger partial charge >= 0.3 is 5.97 Å². The van der Waals surface area contributed by atoms with Crippen LogP contribution in [0, 0.1) is 5.21 Å². The van der Waals surface area contributed by atoms with Gasteiger partial charge in [0.05, 0.1) is 18.2 Å². The van der Waals surface area contributed by atoms with Crippen molar-refractivity contribution in [2.75, 3.05) is 19.8 Å². The molecule has 1 rings (SSSR count). The van der Waals surface area contributed by atoms with Gasteiger partial charge in [-0.1, -0.05) is 19.7 Å². The van der Waals surface area contributed by atoms with E-state index in [1.54, 1.807) is 0 Å². The van der Waals surface area contributed by atoms with Crippen LogP contribution in [0.2, 0.25) is 0 Å². The summed E-state index contributed by atoms with van der Waals surface area (Å²) in [7, 11) is -3.57. The van der Waals surface area contributed by atoms with Crippen molar-refractivity contribution in [2.45, 2.75) is 6.42 Å². The van der Waals surface area contributed by atoms with Gasteiger partial charge in [0.25, 0.3) is 0 Å². The van der Waals surface area contributed by atoms with Crippen molar-refractivity contribution in [3.63, 3.8) is 0 Å². The van der Waals surface area contributed by atoms with Gasteiger partial charge in [0.15, 0.2) is 0 Å². The van der Waals surface area contributed by atoms with Gasteiger partial charge < -0.3 is 29.4 Å². The third-order valence-electron chi connectivity index (χ3n) is 2.58. The van der Waals surface area contributed by atoms with E-state index < -0.39 is 32.2 Å². The Bertz CT molecular complexity index is 568. The SMILES string of the molecule is COC(=O)c1ccccc1C(=O)N([O-])CCCP(=O)([O-])[O-]. The monoisotopic (exact) mass is 314 g/mol. The molecule has 0 unspecified atom stereocenters. The smallest absolute Gasteiger partial charge is 0.338 e. The van der Waals surface area contributed by atoms with Crippen LogP contribution in [0.1, 0.15) is 27.1 Å². The molecule has 0 N–H and O–H groups in total. The Morgan fingerprint density at radius 2 is 1.81 bits per heavy atom. The molecule has 21 heavy (non-hydrogen) atoms. The lowest BCUT2D eigenvalue weighted by atomic mass is 10.1. The molecule has 0 heterocycles. The van der Waals surface area contributed by atoms with Crippen molar-refractivity contribution < 1.29 is 28.7 Å². The van der Waals surface area contributed by atoms with Crippen molar-refractivity contribution in [3.05, 3.63) is 40.6 Å². The fourth-order valence-electron chi connectivity index (χ4n) is 1.60. The highest BCUT2D eigenvalue weighted by Gasteiger charge is 2.17. The lowest BCUT2D eigenvalue weighted by molar-refractivity contribution is -0.313. The van der Waals surface area contributed by atoms with E-state index in [2.05, 4.69) is 4.74 Å². The second-order valence-corrected chi connectivity index (χ2v) is 5.80. The molecule has 9 heteroatoms. The van der Waals surface area contributed by atoms with Crippen molar-refractivity contribution >= 4 is 19.5 Å². The fourth-order valence-corrected chi connectivity index (χ4v) is 2.13. The molecule has 0 atom stereocenters. The highest BCUT2D eigenvalue weighted by atomic mass is 31.2. The van der Waals surface area contributed by atoms with Crippen LogP contribution in [0.5, 0.6) is 0 Å². The number of benzene rings is 1. The quantitative estimate of drug-likeness (QED) is 0.400. The molecule has 0 aliphatic rings. The number of amides is 1. The number of rotatable bonds is 6. The lowest BCUT2D eigenvalue weighted by Gasteiger charge is -2.33. The summed E-state index contributed by atoms with van der Waals surface area (Å²) in [6, 6.07) is 5.59. The van der Waals surface area contributed by atoms with Gasteiger partial charge in [0.2, 0.25) is 5.91 Å². The number of hydroxylamine groups is 2. The largest absolute Gasteiger partial charge is 0.811 e. The molecule has 0 saturated carbocycles. The van der Waals surface area contributed by atoms with Crippen molar-refractivity contribution in [1.29, 1.82) is 0 Å². The number of hydrogen-bond acceptors (Lipinski definition) is 7. The number of ether oxygens (including phenoxy) is 1. The van der Waals surface area contributed by atoms with Crippen LogP contribution >= 0.6 is 7.60 Å². The van der Waals surface area contributed by atoms with Gasteiger partial charge in [0, 0.05) is 6.54 Å². The molecule has 1 amide bonds. The molecule has 1 aromatic carbocycles. The first-order chi connectivity index (χ1) is 9.76. The second kappa shape index (κ2) is 7.33. The number of carbonyl (C=O) groups excluding carboxylic acids is 2. The Kier molecular flexibility index (Phi) is 6.04. The van der Waals surface area contributed by atoms with Crippen LogP contribution in [0.3, 0.4) is 0 Å². The van der Waals surface area contributed by atoms with Crippen LogP contribution in [-0.2, 0) is 9.30 Å². The van der Waals surface area contributed by atoms with Gasteiger partial charge in [-0.2, -0.15) is 0 Å². The maximum absolute atomic E-state index is 11.9. The van der Waals surface area contributed by atoms with Crippen molar-refractivity contribution in [1.82, 2.24) is 5.06 Å². The summed E-state index contributed by atoms with van der Waals surface area (Å²) < 4.78 is 14.9. The minimum Gasteiger partial charge on any atom is -0.811 e. The van der Waals surface area contributed by atoms with E-state index in [0.717, 1.165) is 7.11 Å². The van der Waals surface area contributed by atoms with Gasteiger partial charge in [-0.05, 0) is 24.7 Å². The predicted molar refractivity (Wildman–Crippen MR) is 69.3 cm³/mol. The zero-order valence-corrected chi connectivity index (χ0v) is 12.1. The summed E-state index contributed by atoms with van der Waals surface area (Å²) in [6.07, 6.45) is -0.975. The van der Waals surface area contributed by atoms with E-state index in [0.29, 0.717) is 0 Å². The van der Waals surface area contributed by atoms with Crippen LogP contribution in [0.15, 0.2) is 24.3 Å². The molecule has 0 aliphatic carbocycles. The Morgan fingerprint density at radius 1 is 1.24 bits per heavy atom. The second-order valence-electron chi connectivity index (χ2n) is 4.13. The molecule has 116 valence electrons. The van der Waals surface area contributed by atoms with Crippen molar-refractivity contribution in [2.24, 2.45) is 0 Å². The summed E-state index contributed by atoms with van der Waals surface area (Å²) in [6.45, 7) is -0.456. The Hall–Kier alpha value is -1.73. The maximum Gasteiger partial charge on any atom is 0.338 e. The lowest BCUT2D eigenvalue weighted by Crippen LogP contribution is -2.29. The third kappa shape index (κ3) is 5.28. The van der Waals surface area contributed by atoms with Crippen LogP contribution in [0.25, 0.3) is 0 Å². The van der Waals surface area contributed by atoms with Gasteiger partial charge in [-0.3, -0.25) is 4.79 Å². The molecular formula is C12H13NO7P-3. The molecule has 8 nitrogen and oxygen atoms in total. The van der Waals surface area contributed by atoms with Gasteiger partial charge in [-0.25, -0.2) is 4.79 Å². The normalized spacial score (nSPS) is 11.0. The predicted octanol–water partition coefficient (Wildman–Crippen LogP) is -0.283. The van der Waals surface area contributed by atoms with E-state index in [1.807, 2.05) is 0 Å². The highest BCUT2D eigenvalue weighted by Crippen LogP contribution is 2.23. The molecule has 1 aromatic rings. The average molecular weight is 314 g/mol. The van der Waals surface area contributed by atoms with E-state index in [9.17, 15) is 29.1 Å². The van der Waals surface area contributed by atoms with Gasteiger partial charge in [-0.15, -0.1) is 0 Å². The summed E-state index contributed by atoms with van der Waals surface area (Å²) >= 11 is 0. The van der Waals surface area contributed by atoms with Crippen LogP contribution < -0.4 is 9.79 Å². The average Bonchev–Trinajstić information content (AvgIpc) is 2.44. The molecule has 0 aromatic heterocycles. The summed E-state index contributed by atoms with van der Waals surface area (Å²) in [5.41, 5.74) is -0.212. The number of carbonyl (C=O) groups is 2. The molecule has 0 spiro atoms. The number of methoxy groups -OCH3 is 1. The van der Waals surface area contributed by atoms with Crippen LogP contribution in [-0.4, -0.2) is 36.8 Å². The minimum absolute atomic E-state index is 0.0113. The number of hydrogen-bond donors (Lipinski definition) is 0. The molecule has 0 aliphatic heterocycles. The molecule has 0 bridgehead atoms. The number of esters is 1. The molecule has 0 saturated heterocycles.